The molecule has 4 aliphatic rings. The Morgan fingerprint density at radius 3 is 2.62 bits per heavy atom. The number of methoxy groups -OCH3 is 1. The smallest absolute Gasteiger partial charge is 0.306 e. The molecule has 2 aliphatic heterocycles. The molecule has 52 heavy (non-hydrogen) atoms. The number of ether oxygens (including phenoxy) is 3. The Bertz CT molecular complexity index is 1910. The molecule has 4 bridgehead atoms. The first kappa shape index (κ1) is 37.5. The summed E-state index contributed by atoms with van der Waals surface area (Å²) in [7, 11) is -2.25. The van der Waals surface area contributed by atoms with Crippen LogP contribution in [-0.2, 0) is 33.9 Å². The van der Waals surface area contributed by atoms with Crippen molar-refractivity contribution in [3.05, 3.63) is 48.7 Å². The van der Waals surface area contributed by atoms with Crippen molar-refractivity contribution in [2.45, 2.75) is 90.0 Å². The van der Waals surface area contributed by atoms with Crippen molar-refractivity contribution in [1.82, 2.24) is 14.6 Å². The van der Waals surface area contributed by atoms with Crippen LogP contribution in [0.5, 0.6) is 11.6 Å². The predicted octanol–water partition coefficient (Wildman–Crippen LogP) is 5.00. The van der Waals surface area contributed by atoms with Gasteiger partial charge in [-0.05, 0) is 66.5 Å². The van der Waals surface area contributed by atoms with Gasteiger partial charge in [-0.1, -0.05) is 45.9 Å². The lowest BCUT2D eigenvalue weighted by molar-refractivity contribution is -0.154. The fourth-order valence-corrected chi connectivity index (χ4v) is 8.79. The molecule has 0 spiro atoms. The summed E-state index contributed by atoms with van der Waals surface area (Å²) in [5.74, 6) is -2.24. The second kappa shape index (κ2) is 14.3. The van der Waals surface area contributed by atoms with Crippen molar-refractivity contribution in [2.24, 2.45) is 28.6 Å². The average molecular weight is 736 g/mol. The Kier molecular flexibility index (Phi) is 10.3. The SMILES string of the molecule is C=C[C@H]1C[C@]1(CC(=O)[C@@H]1C[C@@H]2CN1C(=O)[C@H](C(C)(C)C)CC(=O)OC[C@@H](C)C/C=C/c1cc3c(nccc3cc1OC)O2)C(=O)NS(=O)(=O)C1CC1. The number of esters is 1. The summed E-state index contributed by atoms with van der Waals surface area (Å²) >= 11 is 0. The third kappa shape index (κ3) is 7.74. The number of hydrogen-bond donors (Lipinski definition) is 1. The van der Waals surface area contributed by atoms with Crippen molar-refractivity contribution in [3.63, 3.8) is 0 Å². The van der Waals surface area contributed by atoms with Crippen LogP contribution in [0.2, 0.25) is 0 Å². The van der Waals surface area contributed by atoms with E-state index in [-0.39, 0.29) is 50.5 Å². The fourth-order valence-electron chi connectivity index (χ4n) is 7.41. The number of benzene rings is 1. The number of cyclic esters (lactones) is 1. The van der Waals surface area contributed by atoms with E-state index in [4.69, 9.17) is 14.2 Å². The van der Waals surface area contributed by atoms with E-state index in [2.05, 4.69) is 16.3 Å². The largest absolute Gasteiger partial charge is 0.496 e. The number of sulfonamides is 1. The molecule has 12 nitrogen and oxygen atoms in total. The fraction of sp³-hybridized carbons (Fsp3) is 0.564. The maximum atomic E-state index is 14.6. The van der Waals surface area contributed by atoms with Crippen LogP contribution in [0.25, 0.3) is 16.8 Å². The van der Waals surface area contributed by atoms with E-state index in [0.29, 0.717) is 30.9 Å². The normalized spacial score (nSPS) is 29.0. The average Bonchev–Trinajstić information content (AvgIpc) is 4.02. The molecule has 2 aromatic rings. The molecule has 1 saturated heterocycles. The van der Waals surface area contributed by atoms with E-state index in [1.165, 1.54) is 4.90 Å². The van der Waals surface area contributed by atoms with Crippen molar-refractivity contribution in [1.29, 1.82) is 0 Å². The van der Waals surface area contributed by atoms with Gasteiger partial charge in [-0.15, -0.1) is 6.58 Å². The van der Waals surface area contributed by atoms with E-state index >= 15 is 0 Å². The highest BCUT2D eigenvalue weighted by atomic mass is 32.2. The highest BCUT2D eigenvalue weighted by Crippen LogP contribution is 2.57. The molecule has 6 atom stereocenters. The number of nitrogens with one attached hydrogen (secondary N) is 1. The van der Waals surface area contributed by atoms with Crippen LogP contribution in [0.1, 0.15) is 78.2 Å². The van der Waals surface area contributed by atoms with Gasteiger partial charge in [0.15, 0.2) is 5.78 Å². The van der Waals surface area contributed by atoms with E-state index in [0.717, 1.165) is 16.3 Å². The van der Waals surface area contributed by atoms with Gasteiger partial charge in [0, 0.05) is 30.0 Å². The number of nitrogens with zero attached hydrogens (tertiary/aromatic N) is 2. The zero-order valence-electron chi connectivity index (χ0n) is 30.6. The summed E-state index contributed by atoms with van der Waals surface area (Å²) in [5, 5.41) is 0.952. The van der Waals surface area contributed by atoms with Crippen LogP contribution < -0.4 is 14.2 Å². The standard InChI is InChI=1S/C39H49N3O9S/c1-7-26-19-39(26,37(46)41-52(47,48)28-11-12-28)20-32(43)31-17-27-21-42(31)36(45)30(38(3,4)5)18-34(44)50-22-23(2)9-8-10-25-15-29-24(16-33(25)49-6)13-14-40-35(29)51-27/h7-8,10,13-16,23,26-28,30-31H,1,9,11-12,17-22H2,2-6H3,(H,41,46)/b10-8+/t23-,26-,27+,30+,31-,39+/m0/s1. The summed E-state index contributed by atoms with van der Waals surface area (Å²) in [6, 6.07) is 4.68. The Labute approximate surface area is 305 Å². The van der Waals surface area contributed by atoms with E-state index in [1.54, 1.807) is 19.4 Å². The summed E-state index contributed by atoms with van der Waals surface area (Å²) in [6.07, 6.45) is 8.02. The number of aromatic nitrogens is 1. The molecule has 3 fully saturated rings. The minimum absolute atomic E-state index is 0.00169. The van der Waals surface area contributed by atoms with Crippen LogP contribution in [0, 0.1) is 28.6 Å². The predicted molar refractivity (Wildman–Crippen MR) is 195 cm³/mol. The number of carbonyl (C=O) groups excluding carboxylic acids is 4. The van der Waals surface area contributed by atoms with Gasteiger partial charge in [-0.2, -0.15) is 0 Å². The number of allylic oxidation sites excluding steroid dienone is 2. The summed E-state index contributed by atoms with van der Waals surface area (Å²) in [4.78, 5) is 61.8. The van der Waals surface area contributed by atoms with Crippen molar-refractivity contribution in [3.8, 4) is 11.6 Å². The quantitative estimate of drug-likeness (QED) is 0.289. The minimum Gasteiger partial charge on any atom is -0.496 e. The number of hydrogen-bond acceptors (Lipinski definition) is 10. The third-order valence-electron chi connectivity index (χ3n) is 10.9. The Hall–Kier alpha value is -4.26. The van der Waals surface area contributed by atoms with Crippen molar-refractivity contribution < 1.29 is 41.8 Å². The lowest BCUT2D eigenvalue weighted by Crippen LogP contribution is -2.48. The highest BCUT2D eigenvalue weighted by Gasteiger charge is 2.61. The van der Waals surface area contributed by atoms with Gasteiger partial charge in [0.1, 0.15) is 11.9 Å². The second-order valence-electron chi connectivity index (χ2n) is 16.0. The van der Waals surface area contributed by atoms with Crippen LogP contribution in [0.3, 0.4) is 0 Å². The highest BCUT2D eigenvalue weighted by molar-refractivity contribution is 7.90. The van der Waals surface area contributed by atoms with Crippen LogP contribution in [0.15, 0.2) is 43.1 Å². The summed E-state index contributed by atoms with van der Waals surface area (Å²) in [6.45, 7) is 11.6. The summed E-state index contributed by atoms with van der Waals surface area (Å²) < 4.78 is 45.5. The van der Waals surface area contributed by atoms with Crippen molar-refractivity contribution in [2.75, 3.05) is 20.3 Å². The maximum absolute atomic E-state index is 14.6. The Balaban J connectivity index is 1.36. The van der Waals surface area contributed by atoms with Gasteiger partial charge in [0.25, 0.3) is 0 Å². The maximum Gasteiger partial charge on any atom is 0.306 e. The van der Waals surface area contributed by atoms with Gasteiger partial charge < -0.3 is 19.1 Å². The number of rotatable bonds is 8. The molecule has 280 valence electrons. The number of fused-ring (bicyclic) bond motifs is 3. The molecule has 2 aliphatic carbocycles. The molecule has 2 saturated carbocycles. The van der Waals surface area contributed by atoms with Gasteiger partial charge in [0.2, 0.25) is 27.7 Å². The zero-order valence-corrected chi connectivity index (χ0v) is 31.4. The lowest BCUT2D eigenvalue weighted by atomic mass is 9.77. The number of ketones is 1. The van der Waals surface area contributed by atoms with Gasteiger partial charge >= 0.3 is 5.97 Å². The van der Waals surface area contributed by atoms with Gasteiger partial charge in [0.05, 0.1) is 49.3 Å². The lowest BCUT2D eigenvalue weighted by Gasteiger charge is -2.34. The first-order valence-electron chi connectivity index (χ1n) is 18.0. The van der Waals surface area contributed by atoms with Crippen LogP contribution in [-0.4, -0.2) is 79.5 Å². The molecule has 3 heterocycles. The molecular formula is C39H49N3O9S. The van der Waals surface area contributed by atoms with Crippen LogP contribution >= 0.6 is 0 Å². The first-order valence-corrected chi connectivity index (χ1v) is 19.6. The van der Waals surface area contributed by atoms with E-state index in [1.807, 2.05) is 58.0 Å². The topological polar surface area (TPSA) is 158 Å². The monoisotopic (exact) mass is 735 g/mol. The minimum atomic E-state index is -3.85. The summed E-state index contributed by atoms with van der Waals surface area (Å²) in [5.41, 5.74) is -1.16. The molecule has 0 unspecified atom stereocenters. The number of pyridine rings is 1. The second-order valence-corrected chi connectivity index (χ2v) is 17.9. The molecule has 6 rings (SSSR count). The number of Topliss-reactive ketones (excluding diaryl/α,β-unsaturated/α-hetero) is 1. The number of carbonyl (C=O) groups is 4. The first-order chi connectivity index (χ1) is 24.6. The van der Waals surface area contributed by atoms with Gasteiger partial charge in [-0.3, -0.25) is 23.9 Å². The Morgan fingerprint density at radius 1 is 1.21 bits per heavy atom. The third-order valence-corrected chi connectivity index (χ3v) is 12.7. The molecule has 1 aromatic heterocycles. The van der Waals surface area contributed by atoms with E-state index < -0.39 is 67.9 Å². The molecule has 2 amide bonds. The molecular weight excluding hydrogens is 687 g/mol. The van der Waals surface area contributed by atoms with Gasteiger partial charge in [-0.25, -0.2) is 13.4 Å². The molecule has 1 aromatic carbocycles. The van der Waals surface area contributed by atoms with E-state index in [9.17, 15) is 27.6 Å². The van der Waals surface area contributed by atoms with Crippen molar-refractivity contribution >= 4 is 50.4 Å². The van der Waals surface area contributed by atoms with Crippen LogP contribution in [0.4, 0.5) is 0 Å². The molecule has 0 radical (unpaired) electrons. The number of amides is 2. The molecule has 13 heteroatoms. The Morgan fingerprint density at radius 2 is 1.96 bits per heavy atom. The molecule has 1 N–H and O–H groups in total. The zero-order chi connectivity index (χ0) is 37.6.